The Hall–Kier alpha value is -3.36. The predicted octanol–water partition coefficient (Wildman–Crippen LogP) is 3.73. The maximum absolute atomic E-state index is 13.1. The van der Waals surface area contributed by atoms with Crippen LogP contribution in [0.5, 0.6) is 0 Å². The van der Waals surface area contributed by atoms with Gasteiger partial charge in [0.25, 0.3) is 0 Å². The van der Waals surface area contributed by atoms with Crippen molar-refractivity contribution in [1.82, 2.24) is 9.97 Å². The molecule has 0 aliphatic carbocycles. The molecule has 0 bridgehead atoms. The third-order valence-corrected chi connectivity index (χ3v) is 5.35. The van der Waals surface area contributed by atoms with Crippen molar-refractivity contribution in [3.63, 3.8) is 0 Å². The molecule has 1 aliphatic heterocycles. The average molecular weight is 391 g/mol. The summed E-state index contributed by atoms with van der Waals surface area (Å²) >= 11 is 1.59. The third kappa shape index (κ3) is 3.30. The maximum atomic E-state index is 13.1. The average Bonchev–Trinajstić information content (AvgIpc) is 3.36. The van der Waals surface area contributed by atoms with Gasteiger partial charge in [-0.2, -0.15) is 10.4 Å². The molecule has 3 heterocycles. The van der Waals surface area contributed by atoms with Crippen molar-refractivity contribution >= 4 is 50.9 Å². The van der Waals surface area contributed by atoms with Gasteiger partial charge in [-0.3, -0.25) is 0 Å². The molecule has 0 spiro atoms. The first-order valence-corrected chi connectivity index (χ1v) is 9.64. The first kappa shape index (κ1) is 16.8. The Balaban J connectivity index is 1.42. The zero-order valence-electron chi connectivity index (χ0n) is 14.7. The number of halogens is 1. The molecule has 2 aromatic heterocycles. The normalized spacial score (nSPS) is 12.3. The highest BCUT2D eigenvalue weighted by Gasteiger charge is 2.13. The summed E-state index contributed by atoms with van der Waals surface area (Å²) in [6.45, 7) is 0.514. The molecule has 0 atom stereocenters. The summed E-state index contributed by atoms with van der Waals surface area (Å²) in [5, 5.41) is 12.8. The van der Waals surface area contributed by atoms with Crippen LogP contribution in [-0.4, -0.2) is 16.2 Å². The predicted molar refractivity (Wildman–Crippen MR) is 110 cm³/mol. The van der Waals surface area contributed by atoms with Gasteiger partial charge in [0.15, 0.2) is 11.5 Å². The summed E-state index contributed by atoms with van der Waals surface area (Å²) in [4.78, 5) is 9.23. The second-order valence-electron chi connectivity index (χ2n) is 6.39. The summed E-state index contributed by atoms with van der Waals surface area (Å²) in [5.41, 5.74) is 6.81. The van der Waals surface area contributed by atoms with Crippen molar-refractivity contribution in [1.29, 1.82) is 0 Å². The number of fused-ring (bicyclic) bond motifs is 2. The lowest BCUT2D eigenvalue weighted by Gasteiger charge is -2.10. The second kappa shape index (κ2) is 6.99. The highest BCUT2D eigenvalue weighted by atomic mass is 32.1. The Morgan fingerprint density at radius 1 is 1.04 bits per heavy atom. The molecule has 138 valence electrons. The number of thiophene rings is 1. The van der Waals surface area contributed by atoms with Crippen LogP contribution in [0.4, 0.5) is 27.5 Å². The monoisotopic (exact) mass is 391 g/mol. The third-order valence-electron chi connectivity index (χ3n) is 4.44. The molecule has 1 aliphatic rings. The van der Waals surface area contributed by atoms with Gasteiger partial charge < -0.3 is 10.6 Å². The SMILES string of the molecule is Fc1ccc(CNc2nc(Nc3ccc4c(c3)C=N[NH2+]4)c3sccc3n2)cc1. The number of rotatable bonds is 5. The molecule has 0 radical (unpaired) electrons. The van der Waals surface area contributed by atoms with Crippen molar-refractivity contribution < 1.29 is 9.82 Å². The van der Waals surface area contributed by atoms with Gasteiger partial charge in [-0.15, -0.1) is 11.3 Å². The van der Waals surface area contributed by atoms with E-state index in [1.54, 1.807) is 23.5 Å². The number of hydrogen-bond donors (Lipinski definition) is 3. The van der Waals surface area contributed by atoms with E-state index >= 15 is 0 Å². The topological polar surface area (TPSA) is 78.8 Å². The molecular weight excluding hydrogens is 375 g/mol. The summed E-state index contributed by atoms with van der Waals surface area (Å²) < 4.78 is 14.1. The minimum atomic E-state index is -0.247. The zero-order chi connectivity index (χ0) is 18.9. The van der Waals surface area contributed by atoms with Gasteiger partial charge in [-0.1, -0.05) is 17.2 Å². The molecule has 0 saturated heterocycles. The first-order valence-electron chi connectivity index (χ1n) is 8.76. The van der Waals surface area contributed by atoms with E-state index in [1.807, 2.05) is 35.2 Å². The standard InChI is InChI=1S/C20H15FN6S/c21-14-3-1-12(2-4-14)10-22-20-25-17-7-8-28-18(17)19(26-20)24-15-5-6-16-13(9-15)11-23-27-16/h1-9,11H,10H2,(H,23,27)(H2,22,24,25,26)/p+1. The summed E-state index contributed by atoms with van der Waals surface area (Å²) in [7, 11) is 0. The van der Waals surface area contributed by atoms with Crippen molar-refractivity contribution in [2.75, 3.05) is 10.6 Å². The number of benzene rings is 2. The number of anilines is 3. The number of nitrogens with two attached hydrogens (primary N) is 1. The molecule has 0 fully saturated rings. The smallest absolute Gasteiger partial charge is 0.225 e. The van der Waals surface area contributed by atoms with Gasteiger partial charge in [0.2, 0.25) is 5.95 Å². The molecule has 0 amide bonds. The van der Waals surface area contributed by atoms with Crippen LogP contribution in [0.15, 0.2) is 59.0 Å². The molecule has 5 rings (SSSR count). The molecule has 6 nitrogen and oxygen atoms in total. The van der Waals surface area contributed by atoms with E-state index in [9.17, 15) is 4.39 Å². The Morgan fingerprint density at radius 3 is 2.82 bits per heavy atom. The quantitative estimate of drug-likeness (QED) is 0.358. The minimum Gasteiger partial charge on any atom is -0.350 e. The fraction of sp³-hybridized carbons (Fsp3) is 0.0500. The van der Waals surface area contributed by atoms with Gasteiger partial charge >= 0.3 is 0 Å². The summed E-state index contributed by atoms with van der Waals surface area (Å²) in [5.74, 6) is 1.03. The van der Waals surface area contributed by atoms with Crippen LogP contribution in [0, 0.1) is 5.82 Å². The van der Waals surface area contributed by atoms with E-state index in [4.69, 9.17) is 0 Å². The molecule has 4 aromatic rings. The van der Waals surface area contributed by atoms with Gasteiger partial charge in [0.1, 0.15) is 5.82 Å². The van der Waals surface area contributed by atoms with Crippen molar-refractivity contribution in [3.05, 3.63) is 70.9 Å². The van der Waals surface area contributed by atoms with Crippen LogP contribution in [0.3, 0.4) is 0 Å². The van der Waals surface area contributed by atoms with Crippen LogP contribution in [0.25, 0.3) is 10.2 Å². The first-order chi connectivity index (χ1) is 13.7. The van der Waals surface area contributed by atoms with Gasteiger partial charge in [0, 0.05) is 18.3 Å². The molecule has 28 heavy (non-hydrogen) atoms. The number of quaternary nitrogens is 1. The molecule has 4 N–H and O–H groups in total. The number of aromatic nitrogens is 2. The van der Waals surface area contributed by atoms with E-state index in [-0.39, 0.29) is 5.82 Å². The lowest BCUT2D eigenvalue weighted by molar-refractivity contribution is -0.573. The lowest BCUT2D eigenvalue weighted by Crippen LogP contribution is -2.69. The highest BCUT2D eigenvalue weighted by Crippen LogP contribution is 2.30. The summed E-state index contributed by atoms with van der Waals surface area (Å²) in [6.07, 6.45) is 1.84. The van der Waals surface area contributed by atoms with Gasteiger partial charge in [-0.05, 0) is 41.3 Å². The molecular formula is C20H16FN6S+. The van der Waals surface area contributed by atoms with Gasteiger partial charge in [-0.25, -0.2) is 9.37 Å². The number of nitrogens with zero attached hydrogens (tertiary/aromatic N) is 3. The largest absolute Gasteiger partial charge is 0.350 e. The number of nitrogens with one attached hydrogen (secondary N) is 2. The lowest BCUT2D eigenvalue weighted by atomic mass is 10.2. The van der Waals surface area contributed by atoms with E-state index in [0.717, 1.165) is 38.5 Å². The second-order valence-corrected chi connectivity index (χ2v) is 7.30. The van der Waals surface area contributed by atoms with Crippen LogP contribution < -0.4 is 16.1 Å². The summed E-state index contributed by atoms with van der Waals surface area (Å²) in [6, 6.07) is 14.4. The van der Waals surface area contributed by atoms with Crippen LogP contribution >= 0.6 is 11.3 Å². The van der Waals surface area contributed by atoms with Crippen molar-refractivity contribution in [2.24, 2.45) is 5.10 Å². The Bertz CT molecular complexity index is 1190. The highest BCUT2D eigenvalue weighted by molar-refractivity contribution is 7.17. The van der Waals surface area contributed by atoms with Crippen LogP contribution in [0.2, 0.25) is 0 Å². The Morgan fingerprint density at radius 2 is 1.93 bits per heavy atom. The molecule has 2 aromatic carbocycles. The van der Waals surface area contributed by atoms with Crippen molar-refractivity contribution in [3.8, 4) is 0 Å². The zero-order valence-corrected chi connectivity index (χ0v) is 15.5. The fourth-order valence-corrected chi connectivity index (χ4v) is 3.80. The fourth-order valence-electron chi connectivity index (χ4n) is 3.03. The van der Waals surface area contributed by atoms with E-state index in [0.29, 0.717) is 12.5 Å². The molecule has 0 saturated carbocycles. The van der Waals surface area contributed by atoms with Crippen LogP contribution in [-0.2, 0) is 6.54 Å². The molecule has 0 unspecified atom stereocenters. The van der Waals surface area contributed by atoms with E-state index in [2.05, 4.69) is 31.8 Å². The Kier molecular flexibility index (Phi) is 4.19. The van der Waals surface area contributed by atoms with Crippen LogP contribution in [0.1, 0.15) is 11.1 Å². The van der Waals surface area contributed by atoms with Gasteiger partial charge in [0.05, 0.1) is 22.0 Å². The van der Waals surface area contributed by atoms with E-state index in [1.165, 1.54) is 12.1 Å². The van der Waals surface area contributed by atoms with E-state index < -0.39 is 0 Å². The van der Waals surface area contributed by atoms with Crippen molar-refractivity contribution in [2.45, 2.75) is 6.54 Å². The number of hydrogen-bond acceptors (Lipinski definition) is 6. The minimum absolute atomic E-state index is 0.247. The Labute approximate surface area is 164 Å². The maximum Gasteiger partial charge on any atom is 0.225 e. The molecule has 8 heteroatoms.